The van der Waals surface area contributed by atoms with Crippen LogP contribution in [-0.4, -0.2) is 12.1 Å². The van der Waals surface area contributed by atoms with Crippen molar-refractivity contribution in [3.8, 4) is 5.75 Å². The lowest BCUT2D eigenvalue weighted by Crippen LogP contribution is -2.24. The van der Waals surface area contributed by atoms with E-state index in [4.69, 9.17) is 0 Å². The van der Waals surface area contributed by atoms with Crippen molar-refractivity contribution < 1.29 is 40.3 Å². The fourth-order valence-corrected chi connectivity index (χ4v) is 1.79. The predicted molar refractivity (Wildman–Crippen MR) is 65.9 cm³/mol. The lowest BCUT2D eigenvalue weighted by molar-refractivity contribution is -0.164. The quantitative estimate of drug-likeness (QED) is 0.339. The zero-order chi connectivity index (χ0) is 18.2. The third-order valence-electron chi connectivity index (χ3n) is 3.34. The first-order chi connectivity index (χ1) is 10.3. The van der Waals surface area contributed by atoms with Crippen LogP contribution in [0.4, 0.5) is 30.7 Å². The number of alkyl halides is 3. The minimum Gasteiger partial charge on any atom is -0.420 e. The molecule has 0 N–H and O–H groups in total. The Morgan fingerprint density at radius 2 is 1.39 bits per heavy atom. The van der Waals surface area contributed by atoms with Gasteiger partial charge in [-0.2, -0.15) is 22.0 Å². The molecule has 0 radical (unpaired) electrons. The SMILES string of the molecule is CCC(C)(C)c1c(F)c(F)c(OC(=O)CC(F)(F)F)c(F)c1F. The van der Waals surface area contributed by atoms with Gasteiger partial charge in [-0.1, -0.05) is 20.8 Å². The van der Waals surface area contributed by atoms with E-state index in [-0.39, 0.29) is 6.42 Å². The van der Waals surface area contributed by atoms with Gasteiger partial charge in [0, 0.05) is 5.56 Å². The monoisotopic (exact) mass is 346 g/mol. The van der Waals surface area contributed by atoms with E-state index in [0.717, 1.165) is 0 Å². The van der Waals surface area contributed by atoms with Crippen LogP contribution in [0.2, 0.25) is 0 Å². The third-order valence-corrected chi connectivity index (χ3v) is 3.34. The Kier molecular flexibility index (Phi) is 5.33. The Bertz CT molecular complexity index is 592. The molecule has 0 saturated carbocycles. The molecule has 0 aliphatic rings. The molecule has 0 spiro atoms. The number of carbonyl (C=O) groups is 1. The van der Waals surface area contributed by atoms with E-state index in [0.29, 0.717) is 0 Å². The van der Waals surface area contributed by atoms with Gasteiger partial charge in [0.25, 0.3) is 0 Å². The van der Waals surface area contributed by atoms with Gasteiger partial charge in [-0.05, 0) is 11.8 Å². The molecule has 0 atom stereocenters. The topological polar surface area (TPSA) is 26.3 Å². The van der Waals surface area contributed by atoms with Gasteiger partial charge in [0.2, 0.25) is 17.4 Å². The van der Waals surface area contributed by atoms with E-state index in [1.807, 2.05) is 0 Å². The lowest BCUT2D eigenvalue weighted by Gasteiger charge is -2.25. The van der Waals surface area contributed by atoms with Gasteiger partial charge >= 0.3 is 12.1 Å². The smallest absolute Gasteiger partial charge is 0.399 e. The highest BCUT2D eigenvalue weighted by atomic mass is 19.4. The van der Waals surface area contributed by atoms with Gasteiger partial charge in [-0.15, -0.1) is 0 Å². The molecule has 0 aliphatic heterocycles. The van der Waals surface area contributed by atoms with E-state index in [1.54, 1.807) is 0 Å². The number of rotatable bonds is 4. The first-order valence-electron chi connectivity index (χ1n) is 6.45. The number of ether oxygens (including phenoxy) is 1. The first-order valence-corrected chi connectivity index (χ1v) is 6.45. The molecule has 0 heterocycles. The van der Waals surface area contributed by atoms with Gasteiger partial charge in [-0.25, -0.2) is 8.78 Å². The molecule has 1 rings (SSSR count). The molecule has 9 heteroatoms. The summed E-state index contributed by atoms with van der Waals surface area (Å²) in [6, 6.07) is 0. The average molecular weight is 346 g/mol. The normalized spacial score (nSPS) is 12.4. The second kappa shape index (κ2) is 6.37. The number of carbonyl (C=O) groups excluding carboxylic acids is 1. The van der Waals surface area contributed by atoms with Crippen LogP contribution in [0.3, 0.4) is 0 Å². The minimum atomic E-state index is -4.99. The molecule has 23 heavy (non-hydrogen) atoms. The summed E-state index contributed by atoms with van der Waals surface area (Å²) in [5.74, 6) is -11.7. The molecule has 130 valence electrons. The van der Waals surface area contributed by atoms with Gasteiger partial charge in [0.05, 0.1) is 0 Å². The second-order valence-electron chi connectivity index (χ2n) is 5.46. The number of halogens is 7. The Labute approximate surface area is 127 Å². The van der Waals surface area contributed by atoms with Crippen LogP contribution in [0.1, 0.15) is 39.2 Å². The molecule has 1 aromatic carbocycles. The van der Waals surface area contributed by atoms with E-state index in [9.17, 15) is 35.5 Å². The number of esters is 1. The second-order valence-corrected chi connectivity index (χ2v) is 5.46. The molecule has 0 aromatic heterocycles. The van der Waals surface area contributed by atoms with Gasteiger partial charge in [-0.3, -0.25) is 4.79 Å². The van der Waals surface area contributed by atoms with E-state index < -0.39 is 58.6 Å². The molecule has 1 aromatic rings. The maximum absolute atomic E-state index is 14.0. The summed E-state index contributed by atoms with van der Waals surface area (Å²) in [5.41, 5.74) is -2.20. The van der Waals surface area contributed by atoms with Crippen molar-refractivity contribution >= 4 is 5.97 Å². The van der Waals surface area contributed by atoms with E-state index in [2.05, 4.69) is 4.74 Å². The summed E-state index contributed by atoms with van der Waals surface area (Å²) in [6.07, 6.45) is -7.03. The standard InChI is InChI=1S/C14H13F7O2/c1-4-13(2,3)7-8(15)10(17)12(11(18)9(7)16)23-6(22)5-14(19,20)21/h4-5H2,1-3H3. The molecular weight excluding hydrogens is 333 g/mol. The van der Waals surface area contributed by atoms with Crippen molar-refractivity contribution in [3.05, 3.63) is 28.8 Å². The van der Waals surface area contributed by atoms with E-state index >= 15 is 0 Å². The Hall–Kier alpha value is -1.80. The minimum absolute atomic E-state index is 0.118. The van der Waals surface area contributed by atoms with Crippen molar-refractivity contribution in [3.63, 3.8) is 0 Å². The van der Waals surface area contributed by atoms with Crippen molar-refractivity contribution in [2.75, 3.05) is 0 Å². The van der Waals surface area contributed by atoms with Gasteiger partial charge in [0.15, 0.2) is 11.6 Å². The third kappa shape index (κ3) is 4.14. The van der Waals surface area contributed by atoms with Crippen LogP contribution >= 0.6 is 0 Å². The number of hydrogen-bond acceptors (Lipinski definition) is 2. The molecule has 0 unspecified atom stereocenters. The Morgan fingerprint density at radius 3 is 1.74 bits per heavy atom. The number of benzene rings is 1. The molecule has 0 aliphatic carbocycles. The highest BCUT2D eigenvalue weighted by Crippen LogP contribution is 2.38. The summed E-state index contributed by atoms with van der Waals surface area (Å²) in [7, 11) is 0. The average Bonchev–Trinajstić information content (AvgIpc) is 2.39. The zero-order valence-corrected chi connectivity index (χ0v) is 12.4. The van der Waals surface area contributed by atoms with Crippen molar-refractivity contribution in [2.24, 2.45) is 0 Å². The van der Waals surface area contributed by atoms with Crippen LogP contribution in [-0.2, 0) is 10.2 Å². The molecule has 0 saturated heterocycles. The first kappa shape index (κ1) is 19.2. The van der Waals surface area contributed by atoms with Crippen LogP contribution < -0.4 is 4.74 Å². The Morgan fingerprint density at radius 1 is 0.957 bits per heavy atom. The Balaban J connectivity index is 3.36. The van der Waals surface area contributed by atoms with Crippen LogP contribution in [0.5, 0.6) is 5.75 Å². The predicted octanol–water partition coefficient (Wildman–Crippen LogP) is 4.79. The molecule has 2 nitrogen and oxygen atoms in total. The summed E-state index contributed by atoms with van der Waals surface area (Å²) in [4.78, 5) is 11.0. The summed E-state index contributed by atoms with van der Waals surface area (Å²) >= 11 is 0. The number of hydrogen-bond donors (Lipinski definition) is 0. The van der Waals surface area contributed by atoms with Crippen molar-refractivity contribution in [1.82, 2.24) is 0 Å². The fraction of sp³-hybridized carbons (Fsp3) is 0.500. The van der Waals surface area contributed by atoms with Crippen LogP contribution in [0, 0.1) is 23.3 Å². The molecular formula is C14H13F7O2. The fourth-order valence-electron chi connectivity index (χ4n) is 1.79. The van der Waals surface area contributed by atoms with E-state index in [1.165, 1.54) is 20.8 Å². The van der Waals surface area contributed by atoms with Gasteiger partial charge in [0.1, 0.15) is 6.42 Å². The van der Waals surface area contributed by atoms with Crippen molar-refractivity contribution in [1.29, 1.82) is 0 Å². The zero-order valence-electron chi connectivity index (χ0n) is 12.4. The van der Waals surface area contributed by atoms with Crippen LogP contribution in [0.25, 0.3) is 0 Å². The summed E-state index contributed by atoms with van der Waals surface area (Å²) < 4.78 is 95.4. The summed E-state index contributed by atoms with van der Waals surface area (Å²) in [6.45, 7) is 4.16. The highest BCUT2D eigenvalue weighted by molar-refractivity contribution is 5.73. The van der Waals surface area contributed by atoms with Crippen LogP contribution in [0.15, 0.2) is 0 Å². The maximum Gasteiger partial charge on any atom is 0.399 e. The molecule has 0 fully saturated rings. The highest BCUT2D eigenvalue weighted by Gasteiger charge is 2.37. The van der Waals surface area contributed by atoms with Gasteiger partial charge < -0.3 is 4.74 Å². The largest absolute Gasteiger partial charge is 0.420 e. The summed E-state index contributed by atoms with van der Waals surface area (Å²) in [5, 5.41) is 0. The lowest BCUT2D eigenvalue weighted by atomic mass is 9.81. The van der Waals surface area contributed by atoms with Crippen molar-refractivity contribution in [2.45, 2.75) is 45.2 Å². The molecule has 0 amide bonds. The molecule has 0 bridgehead atoms. The maximum atomic E-state index is 14.0.